The SMILES string of the molecule is CN(CCCC1CNC(C)(C)C1)c1ccc(S(=O)(=O)NC(=O)c2ccc(-n3ccc(OCCC4(C)CC4)n3)nc2Cl)cn1. The van der Waals surface area contributed by atoms with Gasteiger partial charge in [-0.15, -0.1) is 5.10 Å². The van der Waals surface area contributed by atoms with Crippen molar-refractivity contribution in [3.05, 3.63) is 53.4 Å². The number of carbonyl (C=O) groups excluding carboxylic acids is 1. The van der Waals surface area contributed by atoms with E-state index in [9.17, 15) is 13.2 Å². The summed E-state index contributed by atoms with van der Waals surface area (Å²) in [5.41, 5.74) is 0.511. The summed E-state index contributed by atoms with van der Waals surface area (Å²) in [5, 5.41) is 7.75. The maximum absolute atomic E-state index is 12.9. The molecule has 4 heterocycles. The molecule has 1 unspecified atom stereocenters. The molecule has 0 bridgehead atoms. The highest BCUT2D eigenvalue weighted by molar-refractivity contribution is 7.90. The Hall–Kier alpha value is -3.22. The fourth-order valence-corrected chi connectivity index (χ4v) is 6.46. The van der Waals surface area contributed by atoms with E-state index in [1.54, 1.807) is 18.3 Å². The Morgan fingerprint density at radius 1 is 1.21 bits per heavy atom. The van der Waals surface area contributed by atoms with Crippen LogP contribution in [0.5, 0.6) is 5.88 Å². The van der Waals surface area contributed by atoms with Crippen molar-refractivity contribution >= 4 is 33.3 Å². The van der Waals surface area contributed by atoms with Crippen molar-refractivity contribution in [3.63, 3.8) is 0 Å². The maximum atomic E-state index is 12.9. The molecular weight excluding hydrogens is 590 g/mol. The summed E-state index contributed by atoms with van der Waals surface area (Å²) in [4.78, 5) is 23.3. The van der Waals surface area contributed by atoms with Gasteiger partial charge in [-0.05, 0) is 94.5 Å². The van der Waals surface area contributed by atoms with Crippen molar-refractivity contribution in [1.82, 2.24) is 29.8 Å². The molecule has 0 aromatic carbocycles. The van der Waals surface area contributed by atoms with Gasteiger partial charge in [0.05, 0.1) is 12.2 Å². The van der Waals surface area contributed by atoms with Crippen molar-refractivity contribution in [2.45, 2.75) is 69.7 Å². The summed E-state index contributed by atoms with van der Waals surface area (Å²) >= 11 is 6.29. The van der Waals surface area contributed by atoms with E-state index in [1.165, 1.54) is 48.3 Å². The second-order valence-electron chi connectivity index (χ2n) is 12.7. The number of carbonyl (C=O) groups is 1. The summed E-state index contributed by atoms with van der Waals surface area (Å²) in [7, 11) is -2.26. The molecule has 1 atom stereocenters. The van der Waals surface area contributed by atoms with Gasteiger partial charge in [0.25, 0.3) is 15.9 Å². The van der Waals surface area contributed by atoms with Gasteiger partial charge in [-0.3, -0.25) is 4.79 Å². The van der Waals surface area contributed by atoms with Gasteiger partial charge in [-0.2, -0.15) is 0 Å². The van der Waals surface area contributed by atoms with Crippen molar-refractivity contribution in [2.24, 2.45) is 11.3 Å². The zero-order chi connectivity index (χ0) is 30.8. The van der Waals surface area contributed by atoms with E-state index in [1.807, 2.05) is 11.9 Å². The molecule has 43 heavy (non-hydrogen) atoms. The number of pyridine rings is 2. The van der Waals surface area contributed by atoms with Crippen LogP contribution in [0.4, 0.5) is 5.82 Å². The maximum Gasteiger partial charge on any atom is 0.268 e. The van der Waals surface area contributed by atoms with Crippen LogP contribution in [0.3, 0.4) is 0 Å². The third kappa shape index (κ3) is 8.04. The molecule has 1 aliphatic carbocycles. The molecule has 1 aliphatic heterocycles. The lowest BCUT2D eigenvalue weighted by Gasteiger charge is -2.20. The molecule has 1 saturated heterocycles. The van der Waals surface area contributed by atoms with Crippen molar-refractivity contribution < 1.29 is 17.9 Å². The molecule has 1 amide bonds. The van der Waals surface area contributed by atoms with Crippen LogP contribution in [0.1, 0.15) is 69.7 Å². The molecule has 2 N–H and O–H groups in total. The summed E-state index contributed by atoms with van der Waals surface area (Å²) in [6, 6.07) is 7.74. The largest absolute Gasteiger partial charge is 0.477 e. The number of aromatic nitrogens is 4. The van der Waals surface area contributed by atoms with Crippen LogP contribution in [0.15, 0.2) is 47.6 Å². The zero-order valence-corrected chi connectivity index (χ0v) is 26.7. The van der Waals surface area contributed by atoms with Crippen LogP contribution in [0, 0.1) is 11.3 Å². The fraction of sp³-hybridized carbons (Fsp3) is 0.533. The number of nitrogens with zero attached hydrogens (tertiary/aromatic N) is 5. The van der Waals surface area contributed by atoms with Gasteiger partial charge >= 0.3 is 0 Å². The van der Waals surface area contributed by atoms with Gasteiger partial charge in [-0.1, -0.05) is 18.5 Å². The van der Waals surface area contributed by atoms with E-state index in [-0.39, 0.29) is 21.2 Å². The van der Waals surface area contributed by atoms with E-state index in [4.69, 9.17) is 16.3 Å². The van der Waals surface area contributed by atoms with E-state index >= 15 is 0 Å². The van der Waals surface area contributed by atoms with Crippen LogP contribution in [0.2, 0.25) is 5.15 Å². The Balaban J connectivity index is 1.14. The lowest BCUT2D eigenvalue weighted by Crippen LogP contribution is -2.31. The number of hydrogen-bond acceptors (Lipinski definition) is 9. The van der Waals surface area contributed by atoms with E-state index < -0.39 is 15.9 Å². The highest BCUT2D eigenvalue weighted by Gasteiger charge is 2.36. The van der Waals surface area contributed by atoms with Crippen molar-refractivity contribution in [2.75, 3.05) is 31.6 Å². The minimum absolute atomic E-state index is 0.0829. The first-order valence-electron chi connectivity index (χ1n) is 14.7. The van der Waals surface area contributed by atoms with Gasteiger partial charge in [-0.25, -0.2) is 27.8 Å². The summed E-state index contributed by atoms with van der Waals surface area (Å²) in [6.07, 6.45) is 9.66. The Kier molecular flexibility index (Phi) is 9.01. The van der Waals surface area contributed by atoms with Gasteiger partial charge in [0.1, 0.15) is 15.9 Å². The van der Waals surface area contributed by atoms with Crippen LogP contribution in [-0.4, -0.2) is 66.4 Å². The van der Waals surface area contributed by atoms with Crippen molar-refractivity contribution in [3.8, 4) is 11.7 Å². The molecule has 3 aromatic rings. The molecule has 2 aliphatic rings. The Morgan fingerprint density at radius 2 is 2.00 bits per heavy atom. The summed E-state index contributed by atoms with van der Waals surface area (Å²) in [6.45, 7) is 9.13. The number of halogens is 1. The van der Waals surface area contributed by atoms with Crippen molar-refractivity contribution in [1.29, 1.82) is 0 Å². The minimum Gasteiger partial charge on any atom is -0.477 e. The third-order valence-corrected chi connectivity index (χ3v) is 9.96. The summed E-state index contributed by atoms with van der Waals surface area (Å²) in [5.74, 6) is 1.25. The Morgan fingerprint density at radius 3 is 2.65 bits per heavy atom. The fourth-order valence-electron chi connectivity index (χ4n) is 5.31. The van der Waals surface area contributed by atoms with E-state index in [0.29, 0.717) is 35.5 Å². The third-order valence-electron chi connectivity index (χ3n) is 8.36. The molecular formula is C30H40ClN7O4S. The highest BCUT2D eigenvalue weighted by atomic mass is 35.5. The Labute approximate surface area is 258 Å². The average Bonchev–Trinajstić information content (AvgIpc) is 3.33. The zero-order valence-electron chi connectivity index (χ0n) is 25.1. The number of rotatable bonds is 13. The minimum atomic E-state index is -4.19. The molecule has 3 aromatic heterocycles. The quantitative estimate of drug-likeness (QED) is 0.260. The summed E-state index contributed by atoms with van der Waals surface area (Å²) < 4.78 is 35.2. The van der Waals surface area contributed by atoms with E-state index in [2.05, 4.69) is 45.9 Å². The van der Waals surface area contributed by atoms with Crippen LogP contribution < -0.4 is 19.7 Å². The number of hydrogen-bond donors (Lipinski definition) is 2. The molecule has 2 fully saturated rings. The monoisotopic (exact) mass is 629 g/mol. The Bertz CT molecular complexity index is 1550. The number of anilines is 1. The van der Waals surface area contributed by atoms with Crippen LogP contribution in [0.25, 0.3) is 5.82 Å². The van der Waals surface area contributed by atoms with E-state index in [0.717, 1.165) is 32.4 Å². The van der Waals surface area contributed by atoms with Gasteiger partial charge in [0, 0.05) is 37.6 Å². The average molecular weight is 630 g/mol. The molecule has 1 saturated carbocycles. The molecule has 13 heteroatoms. The first kappa shape index (κ1) is 31.2. The van der Waals surface area contributed by atoms with Gasteiger partial charge in [0.2, 0.25) is 5.88 Å². The van der Waals surface area contributed by atoms with Crippen LogP contribution in [-0.2, 0) is 10.0 Å². The number of nitrogens with one attached hydrogen (secondary N) is 2. The highest BCUT2D eigenvalue weighted by Crippen LogP contribution is 2.47. The molecule has 0 radical (unpaired) electrons. The molecule has 0 spiro atoms. The predicted octanol–water partition coefficient (Wildman–Crippen LogP) is 4.61. The predicted molar refractivity (Wildman–Crippen MR) is 165 cm³/mol. The second kappa shape index (κ2) is 12.4. The number of ether oxygens (including phenoxy) is 1. The first-order valence-corrected chi connectivity index (χ1v) is 16.5. The molecule has 11 nitrogen and oxygen atoms in total. The van der Waals surface area contributed by atoms with Crippen LogP contribution >= 0.6 is 11.6 Å². The first-order chi connectivity index (χ1) is 20.3. The second-order valence-corrected chi connectivity index (χ2v) is 14.7. The smallest absolute Gasteiger partial charge is 0.268 e. The number of sulfonamides is 1. The topological polar surface area (TPSA) is 131 Å². The standard InChI is InChI=1S/C30H40ClN7O4S/c1-29(2)18-21(19-33-29)6-5-15-37(4)24-9-7-22(20-32-24)43(40,41)36-28(39)23-8-10-25(34-27(23)31)38-16-11-26(35-38)42-17-14-30(3)12-13-30/h7-11,16,20-21,33H,5-6,12-15,17-19H2,1-4H3,(H,36,39). The lowest BCUT2D eigenvalue weighted by molar-refractivity contribution is 0.0981. The molecule has 232 valence electrons. The molecule has 5 rings (SSSR count). The normalized spacial score (nSPS) is 18.8. The lowest BCUT2D eigenvalue weighted by atomic mass is 9.94. The number of amides is 1. The van der Waals surface area contributed by atoms with Gasteiger partial charge < -0.3 is 15.0 Å². The van der Waals surface area contributed by atoms with Gasteiger partial charge in [0.15, 0.2) is 5.82 Å².